The Kier molecular flexibility index (Phi) is 7.80. The Labute approximate surface area is 229 Å². The number of thiophene rings is 1. The monoisotopic (exact) mass is 552 g/mol. The number of amides is 2. The molecule has 0 unspecified atom stereocenters. The van der Waals surface area contributed by atoms with Gasteiger partial charge in [-0.15, -0.1) is 11.3 Å². The molecule has 2 amide bonds. The number of nitrogens with one attached hydrogen (secondary N) is 1. The molecule has 3 heterocycles. The maximum atomic E-state index is 13.0. The summed E-state index contributed by atoms with van der Waals surface area (Å²) >= 11 is 7.68. The van der Waals surface area contributed by atoms with E-state index < -0.39 is 24.0 Å². The number of hydrogen-bond acceptors (Lipinski definition) is 6. The number of halogens is 1. The molecular weight excluding hydrogens is 524 g/mol. The molecule has 10 heteroatoms. The summed E-state index contributed by atoms with van der Waals surface area (Å²) in [6, 6.07) is 16.9. The lowest BCUT2D eigenvalue weighted by Crippen LogP contribution is -2.50. The second-order valence-electron chi connectivity index (χ2n) is 9.51. The van der Waals surface area contributed by atoms with Crippen molar-refractivity contribution >= 4 is 45.8 Å². The molecule has 1 saturated heterocycles. The molecule has 0 spiro atoms. The summed E-state index contributed by atoms with van der Waals surface area (Å²) < 4.78 is 2.14. The van der Waals surface area contributed by atoms with Crippen LogP contribution in [0.15, 0.2) is 60.0 Å². The minimum Gasteiger partial charge on any atom is -0.380 e. The average Bonchev–Trinajstić information content (AvgIpc) is 3.65. The molecule has 0 saturated carbocycles. The Morgan fingerprint density at radius 3 is 2.79 bits per heavy atom. The van der Waals surface area contributed by atoms with Crippen molar-refractivity contribution in [2.45, 2.75) is 51.1 Å². The SMILES string of the molecule is Cc1nc2ccccc2n1Cc1cc(CNC(=O)[C@H](O)[C@@H](O)C(=O)N2CCC[C@@H]2c2cccc(Cl)c2)cs1. The molecule has 8 nitrogen and oxygen atoms in total. The summed E-state index contributed by atoms with van der Waals surface area (Å²) in [5, 5.41) is 26.2. The summed E-state index contributed by atoms with van der Waals surface area (Å²) in [6.45, 7) is 3.24. The Morgan fingerprint density at radius 1 is 1.16 bits per heavy atom. The maximum absolute atomic E-state index is 13.0. The van der Waals surface area contributed by atoms with Gasteiger partial charge in [0, 0.05) is 23.0 Å². The molecule has 0 bridgehead atoms. The number of para-hydroxylation sites is 2. The summed E-state index contributed by atoms with van der Waals surface area (Å²) in [5.74, 6) is -0.545. The molecule has 5 rings (SSSR count). The lowest BCUT2D eigenvalue weighted by atomic mass is 10.0. The summed E-state index contributed by atoms with van der Waals surface area (Å²) in [5.41, 5.74) is 3.74. The fourth-order valence-corrected chi connectivity index (χ4v) is 6.06. The molecule has 3 N–H and O–H groups in total. The zero-order valence-electron chi connectivity index (χ0n) is 20.9. The molecule has 2 aromatic carbocycles. The number of likely N-dealkylation sites (tertiary alicyclic amines) is 1. The Balaban J connectivity index is 1.18. The van der Waals surface area contributed by atoms with Gasteiger partial charge in [0.15, 0.2) is 12.2 Å². The first-order chi connectivity index (χ1) is 18.3. The van der Waals surface area contributed by atoms with Crippen LogP contribution >= 0.6 is 22.9 Å². The van der Waals surface area contributed by atoms with E-state index in [-0.39, 0.29) is 12.6 Å². The zero-order valence-corrected chi connectivity index (χ0v) is 22.5. The van der Waals surface area contributed by atoms with Crippen LogP contribution in [0.1, 0.15) is 40.7 Å². The second-order valence-corrected chi connectivity index (χ2v) is 10.9. The molecular formula is C28H29ClN4O4S. The first-order valence-corrected chi connectivity index (χ1v) is 13.8. The molecule has 3 atom stereocenters. The third-order valence-corrected chi connectivity index (χ3v) is 8.13. The van der Waals surface area contributed by atoms with Gasteiger partial charge in [-0.2, -0.15) is 0 Å². The van der Waals surface area contributed by atoms with Crippen LogP contribution < -0.4 is 5.32 Å². The van der Waals surface area contributed by atoms with Gasteiger partial charge in [-0.05, 0) is 66.6 Å². The highest BCUT2D eigenvalue weighted by molar-refractivity contribution is 7.10. The van der Waals surface area contributed by atoms with Crippen LogP contribution in [0.25, 0.3) is 11.0 Å². The number of benzene rings is 2. The van der Waals surface area contributed by atoms with E-state index >= 15 is 0 Å². The zero-order chi connectivity index (χ0) is 26.8. The highest BCUT2D eigenvalue weighted by Gasteiger charge is 2.38. The average molecular weight is 553 g/mol. The third-order valence-electron chi connectivity index (χ3n) is 6.92. The van der Waals surface area contributed by atoms with Crippen molar-refractivity contribution in [3.8, 4) is 0 Å². The second kappa shape index (κ2) is 11.2. The molecule has 2 aromatic heterocycles. The predicted octanol–water partition coefficient (Wildman–Crippen LogP) is 3.81. The van der Waals surface area contributed by atoms with Gasteiger partial charge in [-0.3, -0.25) is 9.59 Å². The van der Waals surface area contributed by atoms with E-state index in [0.717, 1.165) is 45.7 Å². The first kappa shape index (κ1) is 26.4. The molecule has 0 radical (unpaired) electrons. The summed E-state index contributed by atoms with van der Waals surface area (Å²) in [4.78, 5) is 32.8. The van der Waals surface area contributed by atoms with Gasteiger partial charge in [0.05, 0.1) is 23.6 Å². The number of fused-ring (bicyclic) bond motifs is 1. The van der Waals surface area contributed by atoms with Crippen LogP contribution in [-0.4, -0.2) is 55.2 Å². The number of carbonyl (C=O) groups is 2. The minimum absolute atomic E-state index is 0.172. The van der Waals surface area contributed by atoms with Gasteiger partial charge in [0.25, 0.3) is 11.8 Å². The number of rotatable bonds is 8. The van der Waals surface area contributed by atoms with Crippen LogP contribution in [0.3, 0.4) is 0 Å². The quantitative estimate of drug-likeness (QED) is 0.308. The molecule has 1 aliphatic rings. The van der Waals surface area contributed by atoms with Crippen LogP contribution in [0.2, 0.25) is 5.02 Å². The molecule has 0 aliphatic carbocycles. The van der Waals surface area contributed by atoms with Crippen LogP contribution in [-0.2, 0) is 22.7 Å². The lowest BCUT2D eigenvalue weighted by molar-refractivity contribution is -0.153. The standard InChI is InChI=1S/C28H29ClN4O4S/c1-17-31-22-8-2-3-9-24(22)33(17)15-21-12-18(16-38-21)14-30-27(36)25(34)26(35)28(37)32-11-5-10-23(32)19-6-4-7-20(29)13-19/h2-4,6-9,12-13,16,23,25-26,34-35H,5,10-11,14-15H2,1H3,(H,30,36)/t23-,25-,26-/m1/s1. The number of aryl methyl sites for hydroxylation is 1. The van der Waals surface area contributed by atoms with E-state index in [1.807, 2.05) is 54.8 Å². The van der Waals surface area contributed by atoms with Gasteiger partial charge >= 0.3 is 0 Å². The van der Waals surface area contributed by atoms with E-state index in [2.05, 4.69) is 14.9 Å². The van der Waals surface area contributed by atoms with E-state index in [4.69, 9.17) is 11.6 Å². The van der Waals surface area contributed by atoms with Gasteiger partial charge in [-0.25, -0.2) is 4.98 Å². The van der Waals surface area contributed by atoms with Crippen molar-refractivity contribution in [1.82, 2.24) is 19.8 Å². The van der Waals surface area contributed by atoms with Crippen molar-refractivity contribution in [2.75, 3.05) is 6.54 Å². The van der Waals surface area contributed by atoms with Crippen molar-refractivity contribution < 1.29 is 19.8 Å². The number of hydrogen-bond donors (Lipinski definition) is 3. The van der Waals surface area contributed by atoms with E-state index in [9.17, 15) is 19.8 Å². The predicted molar refractivity (Wildman–Crippen MR) is 147 cm³/mol. The van der Waals surface area contributed by atoms with Gasteiger partial charge in [0.2, 0.25) is 0 Å². The third kappa shape index (κ3) is 5.47. The van der Waals surface area contributed by atoms with Crippen molar-refractivity contribution in [1.29, 1.82) is 0 Å². The fourth-order valence-electron chi connectivity index (χ4n) is 4.99. The first-order valence-electron chi connectivity index (χ1n) is 12.5. The molecule has 4 aromatic rings. The molecule has 38 heavy (non-hydrogen) atoms. The minimum atomic E-state index is -1.87. The van der Waals surface area contributed by atoms with Crippen LogP contribution in [0, 0.1) is 6.92 Å². The Bertz CT molecular complexity index is 1470. The Morgan fingerprint density at radius 2 is 1.97 bits per heavy atom. The van der Waals surface area contributed by atoms with Crippen molar-refractivity contribution in [3.63, 3.8) is 0 Å². The Hall–Kier alpha value is -3.24. The highest BCUT2D eigenvalue weighted by atomic mass is 35.5. The van der Waals surface area contributed by atoms with Crippen LogP contribution in [0.5, 0.6) is 0 Å². The van der Waals surface area contributed by atoms with Gasteiger partial charge < -0.3 is 25.0 Å². The number of aromatic nitrogens is 2. The lowest BCUT2D eigenvalue weighted by Gasteiger charge is -2.28. The number of aliphatic hydroxyl groups excluding tert-OH is 2. The molecule has 1 fully saturated rings. The number of nitrogens with zero attached hydrogens (tertiary/aromatic N) is 3. The maximum Gasteiger partial charge on any atom is 0.255 e. The van der Waals surface area contributed by atoms with Gasteiger partial charge in [-0.1, -0.05) is 35.9 Å². The van der Waals surface area contributed by atoms with Crippen molar-refractivity contribution in [2.24, 2.45) is 0 Å². The smallest absolute Gasteiger partial charge is 0.255 e. The van der Waals surface area contributed by atoms with E-state index in [1.54, 1.807) is 23.5 Å². The van der Waals surface area contributed by atoms with Crippen molar-refractivity contribution in [3.05, 3.63) is 86.8 Å². The number of aliphatic hydroxyl groups is 2. The highest BCUT2D eigenvalue weighted by Crippen LogP contribution is 2.33. The van der Waals surface area contributed by atoms with Gasteiger partial charge in [0.1, 0.15) is 5.82 Å². The number of imidazole rings is 1. The molecule has 198 valence electrons. The van der Waals surface area contributed by atoms with E-state index in [0.29, 0.717) is 18.1 Å². The van der Waals surface area contributed by atoms with E-state index in [1.165, 1.54) is 4.90 Å². The summed E-state index contributed by atoms with van der Waals surface area (Å²) in [7, 11) is 0. The largest absolute Gasteiger partial charge is 0.380 e. The normalized spacial score (nSPS) is 17.1. The van der Waals surface area contributed by atoms with Crippen LogP contribution in [0.4, 0.5) is 0 Å². The summed E-state index contributed by atoms with van der Waals surface area (Å²) in [6.07, 6.45) is -2.26. The molecule has 1 aliphatic heterocycles. The fraction of sp³-hybridized carbons (Fsp3) is 0.321. The topological polar surface area (TPSA) is 108 Å². The number of carbonyl (C=O) groups excluding carboxylic acids is 2.